The average molecular weight is 243 g/mol. The molecule has 18 heavy (non-hydrogen) atoms. The Morgan fingerprint density at radius 1 is 1.33 bits per heavy atom. The number of carbonyl (C=O) groups is 2. The number of amides is 1. The van der Waals surface area contributed by atoms with Crippen LogP contribution in [0, 0.1) is 0 Å². The first-order chi connectivity index (χ1) is 8.62. The molecule has 1 aromatic rings. The quantitative estimate of drug-likeness (QED) is 0.650. The molecular weight excluding hydrogens is 230 g/mol. The zero-order valence-corrected chi connectivity index (χ0v) is 10.1. The molecule has 4 heteroatoms. The van der Waals surface area contributed by atoms with Crippen LogP contribution in [0.3, 0.4) is 0 Å². The van der Waals surface area contributed by atoms with Crippen molar-refractivity contribution in [1.29, 1.82) is 0 Å². The normalized spacial score (nSPS) is 36.4. The molecule has 92 valence electrons. The van der Waals surface area contributed by atoms with Gasteiger partial charge in [0.2, 0.25) is 5.91 Å². The Morgan fingerprint density at radius 2 is 2.11 bits per heavy atom. The van der Waals surface area contributed by atoms with E-state index in [-0.39, 0.29) is 23.8 Å². The third-order valence-electron chi connectivity index (χ3n) is 4.44. The van der Waals surface area contributed by atoms with Gasteiger partial charge in [-0.1, -0.05) is 18.2 Å². The van der Waals surface area contributed by atoms with Gasteiger partial charge in [-0.05, 0) is 25.0 Å². The molecule has 2 fully saturated rings. The molecule has 0 spiro atoms. The lowest BCUT2D eigenvalue weighted by Gasteiger charge is -2.39. The van der Waals surface area contributed by atoms with Crippen LogP contribution < -0.4 is 4.90 Å². The van der Waals surface area contributed by atoms with Crippen molar-refractivity contribution >= 4 is 17.6 Å². The van der Waals surface area contributed by atoms with Crippen LogP contribution in [-0.2, 0) is 14.3 Å². The summed E-state index contributed by atoms with van der Waals surface area (Å²) >= 11 is 0. The van der Waals surface area contributed by atoms with Gasteiger partial charge in [0, 0.05) is 12.1 Å². The number of nitrogens with zero attached hydrogens (tertiary/aromatic N) is 1. The van der Waals surface area contributed by atoms with E-state index in [1.807, 2.05) is 31.2 Å². The Morgan fingerprint density at radius 3 is 2.94 bits per heavy atom. The van der Waals surface area contributed by atoms with Gasteiger partial charge in [-0.15, -0.1) is 0 Å². The molecule has 3 aliphatic rings. The fraction of sp³-hybridized carbons (Fsp3) is 0.429. The van der Waals surface area contributed by atoms with E-state index in [2.05, 4.69) is 0 Å². The van der Waals surface area contributed by atoms with Crippen molar-refractivity contribution in [2.45, 2.75) is 37.3 Å². The molecule has 3 atom stereocenters. The number of carbonyl (C=O) groups excluding carboxylic acids is 2. The Labute approximate surface area is 105 Å². The van der Waals surface area contributed by atoms with Gasteiger partial charge in [0.1, 0.15) is 11.5 Å². The standard InChI is InChI=1S/C14H13NO3/c1-14-7-6-10(16)15-9-5-3-2-4-8(9)11(12(14)15)13(17)18-14/h2-5,11-12H,6-7H2,1H3/t11-,12+,14-/m0/s1. The molecule has 3 heterocycles. The van der Waals surface area contributed by atoms with Crippen LogP contribution in [0.15, 0.2) is 24.3 Å². The maximum Gasteiger partial charge on any atom is 0.316 e. The number of para-hydroxylation sites is 1. The molecule has 0 aromatic heterocycles. The number of fused-ring (bicyclic) bond motifs is 3. The second-order valence-corrected chi connectivity index (χ2v) is 5.48. The maximum absolute atomic E-state index is 12.2. The van der Waals surface area contributed by atoms with Crippen molar-refractivity contribution in [3.8, 4) is 0 Å². The predicted molar refractivity (Wildman–Crippen MR) is 64.2 cm³/mol. The van der Waals surface area contributed by atoms with Crippen molar-refractivity contribution in [3.63, 3.8) is 0 Å². The minimum atomic E-state index is -0.519. The number of esters is 1. The summed E-state index contributed by atoms with van der Waals surface area (Å²) in [6.07, 6.45) is 1.07. The lowest BCUT2D eigenvalue weighted by atomic mass is 9.82. The van der Waals surface area contributed by atoms with Gasteiger partial charge >= 0.3 is 5.97 Å². The zero-order chi connectivity index (χ0) is 12.5. The summed E-state index contributed by atoms with van der Waals surface area (Å²) < 4.78 is 5.56. The van der Waals surface area contributed by atoms with E-state index < -0.39 is 5.60 Å². The fourth-order valence-electron chi connectivity index (χ4n) is 3.64. The average Bonchev–Trinajstić information content (AvgIpc) is 2.83. The van der Waals surface area contributed by atoms with E-state index in [1.165, 1.54) is 0 Å². The third kappa shape index (κ3) is 0.975. The molecule has 2 saturated heterocycles. The zero-order valence-electron chi connectivity index (χ0n) is 10.1. The first kappa shape index (κ1) is 10.1. The molecule has 0 radical (unpaired) electrons. The number of ether oxygens (including phenoxy) is 1. The van der Waals surface area contributed by atoms with E-state index in [0.717, 1.165) is 11.3 Å². The third-order valence-corrected chi connectivity index (χ3v) is 4.44. The van der Waals surface area contributed by atoms with Gasteiger partial charge in [0.05, 0.1) is 6.04 Å². The Kier molecular flexibility index (Phi) is 1.65. The Bertz CT molecular complexity index is 567. The molecule has 0 bridgehead atoms. The summed E-state index contributed by atoms with van der Waals surface area (Å²) in [5.41, 5.74) is 1.31. The summed E-state index contributed by atoms with van der Waals surface area (Å²) in [5, 5.41) is 0. The highest BCUT2D eigenvalue weighted by molar-refractivity contribution is 6.03. The van der Waals surface area contributed by atoms with Gasteiger partial charge in [0.15, 0.2) is 0 Å². The van der Waals surface area contributed by atoms with E-state index in [1.54, 1.807) is 4.90 Å². The largest absolute Gasteiger partial charge is 0.457 e. The first-order valence-electron chi connectivity index (χ1n) is 6.26. The second-order valence-electron chi connectivity index (χ2n) is 5.48. The molecule has 1 aromatic carbocycles. The molecule has 0 N–H and O–H groups in total. The van der Waals surface area contributed by atoms with Crippen molar-refractivity contribution in [2.24, 2.45) is 0 Å². The predicted octanol–water partition coefficient (Wildman–Crippen LogP) is 1.59. The van der Waals surface area contributed by atoms with E-state index in [9.17, 15) is 9.59 Å². The van der Waals surface area contributed by atoms with Crippen LogP contribution in [0.2, 0.25) is 0 Å². The van der Waals surface area contributed by atoms with Crippen LogP contribution in [0.1, 0.15) is 31.2 Å². The van der Waals surface area contributed by atoms with Crippen molar-refractivity contribution in [1.82, 2.24) is 0 Å². The molecule has 0 aliphatic carbocycles. The molecule has 0 saturated carbocycles. The lowest BCUT2D eigenvalue weighted by Crippen LogP contribution is -2.54. The smallest absolute Gasteiger partial charge is 0.316 e. The highest BCUT2D eigenvalue weighted by Crippen LogP contribution is 2.54. The highest BCUT2D eigenvalue weighted by Gasteiger charge is 2.63. The number of rotatable bonds is 0. The summed E-state index contributed by atoms with van der Waals surface area (Å²) in [6, 6.07) is 7.52. The van der Waals surface area contributed by atoms with Crippen LogP contribution >= 0.6 is 0 Å². The molecule has 3 aliphatic heterocycles. The number of piperidine rings is 1. The minimum absolute atomic E-state index is 0.103. The number of anilines is 1. The summed E-state index contributed by atoms with van der Waals surface area (Å²) in [5.74, 6) is -0.381. The summed E-state index contributed by atoms with van der Waals surface area (Å²) in [6.45, 7) is 1.95. The van der Waals surface area contributed by atoms with Crippen LogP contribution in [0.5, 0.6) is 0 Å². The minimum Gasteiger partial charge on any atom is -0.457 e. The molecular formula is C14H13NO3. The number of benzene rings is 1. The molecule has 4 rings (SSSR count). The van der Waals surface area contributed by atoms with Gasteiger partial charge in [-0.3, -0.25) is 9.59 Å². The van der Waals surface area contributed by atoms with E-state index in [0.29, 0.717) is 12.8 Å². The van der Waals surface area contributed by atoms with Gasteiger partial charge < -0.3 is 9.64 Å². The van der Waals surface area contributed by atoms with Gasteiger partial charge in [0.25, 0.3) is 0 Å². The number of hydrogen-bond donors (Lipinski definition) is 0. The lowest BCUT2D eigenvalue weighted by molar-refractivity contribution is -0.150. The van der Waals surface area contributed by atoms with Gasteiger partial charge in [-0.2, -0.15) is 0 Å². The highest BCUT2D eigenvalue weighted by atomic mass is 16.6. The van der Waals surface area contributed by atoms with Crippen molar-refractivity contribution in [2.75, 3.05) is 4.90 Å². The second kappa shape index (κ2) is 2.94. The Balaban J connectivity index is 1.98. The summed E-state index contributed by atoms with van der Waals surface area (Å²) in [4.78, 5) is 26.1. The summed E-state index contributed by atoms with van der Waals surface area (Å²) in [7, 11) is 0. The topological polar surface area (TPSA) is 46.6 Å². The van der Waals surface area contributed by atoms with Crippen molar-refractivity contribution in [3.05, 3.63) is 29.8 Å². The molecule has 0 unspecified atom stereocenters. The molecule has 4 nitrogen and oxygen atoms in total. The van der Waals surface area contributed by atoms with E-state index in [4.69, 9.17) is 4.74 Å². The maximum atomic E-state index is 12.2. The van der Waals surface area contributed by atoms with Crippen molar-refractivity contribution < 1.29 is 14.3 Å². The van der Waals surface area contributed by atoms with Gasteiger partial charge in [-0.25, -0.2) is 0 Å². The SMILES string of the molecule is C[C@@]12CCC(=O)N3c4ccccc4[C@H](C(=O)O1)[C@@H]32. The van der Waals surface area contributed by atoms with E-state index >= 15 is 0 Å². The first-order valence-corrected chi connectivity index (χ1v) is 6.26. The molecule has 1 amide bonds. The van der Waals surface area contributed by atoms with Crippen LogP contribution in [0.25, 0.3) is 0 Å². The van der Waals surface area contributed by atoms with Crippen LogP contribution in [-0.4, -0.2) is 23.5 Å². The Hall–Kier alpha value is -1.84. The van der Waals surface area contributed by atoms with Crippen LogP contribution in [0.4, 0.5) is 5.69 Å². The monoisotopic (exact) mass is 243 g/mol. The fourth-order valence-corrected chi connectivity index (χ4v) is 3.64. The number of hydrogen-bond acceptors (Lipinski definition) is 3.